The van der Waals surface area contributed by atoms with E-state index in [1.165, 1.54) is 17.8 Å². The summed E-state index contributed by atoms with van der Waals surface area (Å²) in [5.74, 6) is -2.02. The van der Waals surface area contributed by atoms with Gasteiger partial charge in [-0.2, -0.15) is 0 Å². The highest BCUT2D eigenvalue weighted by Gasteiger charge is 2.27. The van der Waals surface area contributed by atoms with Crippen molar-refractivity contribution < 1.29 is 18.7 Å². The molecule has 0 N–H and O–H groups in total. The summed E-state index contributed by atoms with van der Waals surface area (Å²) >= 11 is 4.40. The van der Waals surface area contributed by atoms with E-state index in [1.807, 2.05) is 27.7 Å². The van der Waals surface area contributed by atoms with E-state index in [0.717, 1.165) is 6.07 Å². The van der Waals surface area contributed by atoms with Gasteiger partial charge in [0.15, 0.2) is 0 Å². The lowest BCUT2D eigenvalue weighted by molar-refractivity contribution is -0.144. The molecule has 0 aromatic heterocycles. The van der Waals surface area contributed by atoms with E-state index in [2.05, 4.69) is 26.0 Å². The van der Waals surface area contributed by atoms with Crippen molar-refractivity contribution in [1.82, 2.24) is 0 Å². The number of benzene rings is 1. The van der Waals surface area contributed by atoms with Crippen molar-refractivity contribution in [3.05, 3.63) is 38.4 Å². The summed E-state index contributed by atoms with van der Waals surface area (Å²) in [5.41, 5.74) is 8.00. The Morgan fingerprint density at radius 1 is 1.36 bits per heavy atom. The maximum atomic E-state index is 13.9. The van der Waals surface area contributed by atoms with Gasteiger partial charge in [-0.05, 0) is 50.5 Å². The Hall–Kier alpha value is -1.57. The summed E-state index contributed by atoms with van der Waals surface area (Å²) in [6.07, 6.45) is 0. The fourth-order valence-corrected chi connectivity index (χ4v) is 3.47. The Morgan fingerprint density at radius 3 is 2.52 bits per heavy atom. The summed E-state index contributed by atoms with van der Waals surface area (Å²) < 4.78 is 19.6. The standard InChI is InChI=1S/C16H19BrFN3O3S/c1-8(2)7-24-16(23)14(9(3)4)25-13-5-10(15(22)20-21-19)12(18)6-11(13)17/h5-6,8-9,14H,7H2,1-4H3. The number of halogens is 2. The summed E-state index contributed by atoms with van der Waals surface area (Å²) in [6.45, 7) is 7.94. The summed E-state index contributed by atoms with van der Waals surface area (Å²) in [4.78, 5) is 26.9. The molecule has 1 atom stereocenters. The molecule has 0 aliphatic rings. The highest BCUT2D eigenvalue weighted by atomic mass is 79.9. The van der Waals surface area contributed by atoms with Crippen LogP contribution in [0.25, 0.3) is 10.4 Å². The number of carbonyl (C=O) groups is 2. The maximum absolute atomic E-state index is 13.9. The molecule has 1 unspecified atom stereocenters. The Kier molecular flexibility index (Phi) is 8.41. The number of esters is 1. The van der Waals surface area contributed by atoms with Crippen molar-refractivity contribution in [2.24, 2.45) is 17.0 Å². The minimum absolute atomic E-state index is 0.0436. The van der Waals surface area contributed by atoms with Crippen LogP contribution in [0, 0.1) is 17.7 Å². The second-order valence-electron chi connectivity index (χ2n) is 6.06. The third-order valence-electron chi connectivity index (χ3n) is 3.04. The van der Waals surface area contributed by atoms with E-state index in [1.54, 1.807) is 0 Å². The van der Waals surface area contributed by atoms with Crippen molar-refractivity contribution >= 4 is 39.6 Å². The van der Waals surface area contributed by atoms with Crippen molar-refractivity contribution in [3.63, 3.8) is 0 Å². The van der Waals surface area contributed by atoms with E-state index in [-0.39, 0.29) is 23.4 Å². The third kappa shape index (κ3) is 6.34. The average Bonchev–Trinajstić information content (AvgIpc) is 2.51. The molecule has 0 bridgehead atoms. The molecule has 0 aliphatic carbocycles. The molecule has 0 heterocycles. The van der Waals surface area contributed by atoms with Gasteiger partial charge in [0.05, 0.1) is 12.2 Å². The van der Waals surface area contributed by atoms with Crippen LogP contribution in [0.3, 0.4) is 0 Å². The number of azide groups is 1. The number of ether oxygens (including phenoxy) is 1. The number of carbonyl (C=O) groups excluding carboxylic acids is 2. The molecule has 25 heavy (non-hydrogen) atoms. The van der Waals surface area contributed by atoms with Crippen LogP contribution in [0.1, 0.15) is 38.1 Å². The van der Waals surface area contributed by atoms with Crippen LogP contribution in [0.15, 0.2) is 26.6 Å². The van der Waals surface area contributed by atoms with Crippen LogP contribution in [-0.2, 0) is 9.53 Å². The fraction of sp³-hybridized carbons (Fsp3) is 0.500. The number of hydrogen-bond donors (Lipinski definition) is 0. The molecule has 0 saturated heterocycles. The lowest BCUT2D eigenvalue weighted by Crippen LogP contribution is -2.27. The van der Waals surface area contributed by atoms with Gasteiger partial charge < -0.3 is 4.74 Å². The lowest BCUT2D eigenvalue weighted by Gasteiger charge is -2.20. The maximum Gasteiger partial charge on any atom is 0.319 e. The lowest BCUT2D eigenvalue weighted by atomic mass is 10.1. The second kappa shape index (κ2) is 9.79. The first-order chi connectivity index (χ1) is 11.7. The zero-order chi connectivity index (χ0) is 19.1. The van der Waals surface area contributed by atoms with Gasteiger partial charge in [0, 0.05) is 14.3 Å². The highest BCUT2D eigenvalue weighted by Crippen LogP contribution is 2.36. The molecular formula is C16H19BrFN3O3S. The van der Waals surface area contributed by atoms with Crippen molar-refractivity contribution in [3.8, 4) is 0 Å². The third-order valence-corrected chi connectivity index (χ3v) is 5.54. The van der Waals surface area contributed by atoms with Gasteiger partial charge in [-0.15, -0.1) is 11.8 Å². The molecule has 9 heteroatoms. The van der Waals surface area contributed by atoms with Gasteiger partial charge in [0.2, 0.25) is 0 Å². The molecule has 136 valence electrons. The Balaban J connectivity index is 3.12. The first kappa shape index (κ1) is 21.5. The predicted molar refractivity (Wildman–Crippen MR) is 97.9 cm³/mol. The van der Waals surface area contributed by atoms with Crippen LogP contribution in [-0.4, -0.2) is 23.7 Å². The first-order valence-corrected chi connectivity index (χ1v) is 9.26. The number of rotatable bonds is 7. The largest absolute Gasteiger partial charge is 0.465 e. The highest BCUT2D eigenvalue weighted by molar-refractivity contribution is 9.10. The predicted octanol–water partition coefficient (Wildman–Crippen LogP) is 5.35. The monoisotopic (exact) mass is 431 g/mol. The normalized spacial score (nSPS) is 12.0. The second-order valence-corrected chi connectivity index (χ2v) is 8.10. The minimum atomic E-state index is -1.02. The van der Waals surface area contributed by atoms with E-state index < -0.39 is 17.0 Å². The van der Waals surface area contributed by atoms with Crippen LogP contribution in [0.4, 0.5) is 4.39 Å². The Bertz CT molecular complexity index is 706. The van der Waals surface area contributed by atoms with Crippen molar-refractivity contribution in [2.75, 3.05) is 6.61 Å². The van der Waals surface area contributed by atoms with Gasteiger partial charge in [-0.25, -0.2) is 4.39 Å². The van der Waals surface area contributed by atoms with Crippen LogP contribution in [0.2, 0.25) is 0 Å². The summed E-state index contributed by atoms with van der Waals surface area (Å²) in [7, 11) is 0. The Morgan fingerprint density at radius 2 is 2.00 bits per heavy atom. The van der Waals surface area contributed by atoms with E-state index in [4.69, 9.17) is 10.3 Å². The Labute approximate surface area is 158 Å². The van der Waals surface area contributed by atoms with E-state index in [0.29, 0.717) is 16.0 Å². The smallest absolute Gasteiger partial charge is 0.319 e. The number of amides is 1. The van der Waals surface area contributed by atoms with Gasteiger partial charge in [0.25, 0.3) is 5.91 Å². The molecule has 1 amide bonds. The van der Waals surface area contributed by atoms with E-state index in [9.17, 15) is 14.0 Å². The molecule has 1 aromatic rings. The molecule has 0 radical (unpaired) electrons. The van der Waals surface area contributed by atoms with E-state index >= 15 is 0 Å². The summed E-state index contributed by atoms with van der Waals surface area (Å²) in [5, 5.41) is 2.39. The number of nitrogens with zero attached hydrogens (tertiary/aromatic N) is 3. The number of thioether (sulfide) groups is 1. The SMILES string of the molecule is CC(C)COC(=O)C(Sc1cc(C(=O)N=[N+]=[N-])c(F)cc1Br)C(C)C. The quantitative estimate of drug-likeness (QED) is 0.191. The van der Waals surface area contributed by atoms with Gasteiger partial charge in [0.1, 0.15) is 11.1 Å². The van der Waals surface area contributed by atoms with Crippen LogP contribution < -0.4 is 0 Å². The molecule has 1 aromatic carbocycles. The molecule has 0 aliphatic heterocycles. The summed E-state index contributed by atoms with van der Waals surface area (Å²) in [6, 6.07) is 2.38. The van der Waals surface area contributed by atoms with Gasteiger partial charge in [-0.1, -0.05) is 27.7 Å². The number of hydrogen-bond acceptors (Lipinski definition) is 4. The fourth-order valence-electron chi connectivity index (χ4n) is 1.80. The van der Waals surface area contributed by atoms with Crippen molar-refractivity contribution in [2.45, 2.75) is 37.8 Å². The zero-order valence-corrected chi connectivity index (χ0v) is 16.7. The minimum Gasteiger partial charge on any atom is -0.465 e. The molecule has 1 rings (SSSR count). The van der Waals surface area contributed by atoms with Crippen molar-refractivity contribution in [1.29, 1.82) is 0 Å². The topological polar surface area (TPSA) is 92.1 Å². The average molecular weight is 432 g/mol. The van der Waals surface area contributed by atoms with Gasteiger partial charge in [-0.3, -0.25) is 9.59 Å². The molecule has 0 fully saturated rings. The van der Waals surface area contributed by atoms with Crippen LogP contribution in [0.5, 0.6) is 0 Å². The zero-order valence-electron chi connectivity index (χ0n) is 14.3. The van der Waals surface area contributed by atoms with Gasteiger partial charge >= 0.3 is 5.97 Å². The molecule has 0 saturated carbocycles. The first-order valence-electron chi connectivity index (χ1n) is 7.59. The molecule has 6 nitrogen and oxygen atoms in total. The molecular weight excluding hydrogens is 413 g/mol. The van der Waals surface area contributed by atoms with Crippen LogP contribution >= 0.6 is 27.7 Å². The molecule has 0 spiro atoms.